The summed E-state index contributed by atoms with van der Waals surface area (Å²) in [5.74, 6) is -1.42. The van der Waals surface area contributed by atoms with Gasteiger partial charge in [-0.1, -0.05) is 37.1 Å². The number of hydrogen-bond donors (Lipinski definition) is 0. The summed E-state index contributed by atoms with van der Waals surface area (Å²) in [6.07, 6.45) is 6.52. The molecule has 0 spiro atoms. The zero-order chi connectivity index (χ0) is 24.2. The summed E-state index contributed by atoms with van der Waals surface area (Å²) in [6.45, 7) is 14.4. The molecule has 2 rings (SSSR count). The summed E-state index contributed by atoms with van der Waals surface area (Å²) in [7, 11) is 0. The summed E-state index contributed by atoms with van der Waals surface area (Å²) in [6, 6.07) is 0. The van der Waals surface area contributed by atoms with Crippen molar-refractivity contribution in [2.45, 2.75) is 98.9 Å². The van der Waals surface area contributed by atoms with Crippen molar-refractivity contribution in [2.24, 2.45) is 23.7 Å². The van der Waals surface area contributed by atoms with Gasteiger partial charge in [-0.05, 0) is 58.3 Å². The predicted octanol–water partition coefficient (Wildman–Crippen LogP) is 5.16. The molecule has 32 heavy (non-hydrogen) atoms. The van der Waals surface area contributed by atoms with Crippen LogP contribution in [-0.4, -0.2) is 35.7 Å². The molecule has 0 radical (unpaired) electrons. The highest BCUT2D eigenvalue weighted by atomic mass is 16.6. The normalized spacial score (nSPS) is 36.6. The fourth-order valence-corrected chi connectivity index (χ4v) is 5.72. The third-order valence-electron chi connectivity index (χ3n) is 6.97. The quantitative estimate of drug-likeness (QED) is 0.336. The van der Waals surface area contributed by atoms with Crippen LogP contribution >= 0.6 is 0 Å². The Kier molecular flexibility index (Phi) is 8.72. The van der Waals surface area contributed by atoms with Crippen LogP contribution in [0.2, 0.25) is 0 Å². The van der Waals surface area contributed by atoms with E-state index in [-0.39, 0.29) is 23.7 Å². The van der Waals surface area contributed by atoms with Crippen LogP contribution in [-0.2, 0) is 28.6 Å². The number of rotatable bonds is 4. The first-order chi connectivity index (χ1) is 14.9. The molecule has 1 saturated carbocycles. The van der Waals surface area contributed by atoms with Crippen LogP contribution in [0.4, 0.5) is 0 Å². The Balaban J connectivity index is 2.76. The lowest BCUT2D eigenvalue weighted by molar-refractivity contribution is -0.244. The van der Waals surface area contributed by atoms with Crippen molar-refractivity contribution in [3.8, 4) is 0 Å². The standard InChI is InChI=1S/C26H40O6/c1-15(2)23-21-14-17(4)11-9-10-16(3)12-13-22(21)26(8,32-20(7)29)25(31-19(6)28)24(23)30-18(5)27/h10,14-15,21-25H,9,11-13H2,1-8H3/b16-10-,17-14-/t21-,22+,23+,24-,25+,26-/m0/s1. The first-order valence-electron chi connectivity index (χ1n) is 11.7. The number of esters is 3. The van der Waals surface area contributed by atoms with Gasteiger partial charge in [-0.2, -0.15) is 0 Å². The summed E-state index contributed by atoms with van der Waals surface area (Å²) in [5, 5.41) is 0. The number of carbonyl (C=O) groups excluding carboxylic acids is 3. The van der Waals surface area contributed by atoms with Gasteiger partial charge in [-0.25, -0.2) is 0 Å². The Bertz CT molecular complexity index is 779. The molecule has 0 unspecified atom stereocenters. The van der Waals surface area contributed by atoms with E-state index in [0.717, 1.165) is 25.7 Å². The molecule has 6 nitrogen and oxygen atoms in total. The van der Waals surface area contributed by atoms with E-state index < -0.39 is 35.7 Å². The Labute approximate surface area is 192 Å². The molecule has 2 aliphatic carbocycles. The fourth-order valence-electron chi connectivity index (χ4n) is 5.72. The van der Waals surface area contributed by atoms with Gasteiger partial charge >= 0.3 is 17.9 Å². The van der Waals surface area contributed by atoms with Gasteiger partial charge in [0.1, 0.15) is 6.10 Å². The molecule has 0 aliphatic heterocycles. The highest BCUT2D eigenvalue weighted by Gasteiger charge is 2.61. The van der Waals surface area contributed by atoms with Gasteiger partial charge in [-0.15, -0.1) is 0 Å². The number of ether oxygens (including phenoxy) is 3. The van der Waals surface area contributed by atoms with Crippen molar-refractivity contribution in [2.75, 3.05) is 0 Å². The Morgan fingerprint density at radius 3 is 2.12 bits per heavy atom. The maximum Gasteiger partial charge on any atom is 0.303 e. The molecule has 0 aromatic heterocycles. The van der Waals surface area contributed by atoms with Crippen molar-refractivity contribution < 1.29 is 28.6 Å². The highest BCUT2D eigenvalue weighted by Crippen LogP contribution is 2.52. The number of fused-ring (bicyclic) bond motifs is 1. The molecule has 6 atom stereocenters. The van der Waals surface area contributed by atoms with Gasteiger partial charge in [0.05, 0.1) is 0 Å². The molecule has 2 aliphatic rings. The molecule has 6 heteroatoms. The minimum Gasteiger partial charge on any atom is -0.458 e. The lowest BCUT2D eigenvalue weighted by Crippen LogP contribution is -2.66. The Morgan fingerprint density at radius 2 is 1.59 bits per heavy atom. The van der Waals surface area contributed by atoms with Gasteiger partial charge in [0.25, 0.3) is 0 Å². The summed E-state index contributed by atoms with van der Waals surface area (Å²) < 4.78 is 17.6. The van der Waals surface area contributed by atoms with E-state index in [0.29, 0.717) is 0 Å². The molecule has 180 valence electrons. The molecular weight excluding hydrogens is 408 g/mol. The zero-order valence-corrected chi connectivity index (χ0v) is 20.9. The monoisotopic (exact) mass is 448 g/mol. The Morgan fingerprint density at radius 1 is 0.969 bits per heavy atom. The van der Waals surface area contributed by atoms with E-state index in [9.17, 15) is 14.4 Å². The molecule has 0 heterocycles. The lowest BCUT2D eigenvalue weighted by Gasteiger charge is -2.55. The first kappa shape index (κ1) is 26.1. The van der Waals surface area contributed by atoms with Crippen molar-refractivity contribution in [1.29, 1.82) is 0 Å². The van der Waals surface area contributed by atoms with Crippen LogP contribution in [0.1, 0.15) is 81.1 Å². The summed E-state index contributed by atoms with van der Waals surface area (Å²) >= 11 is 0. The minimum absolute atomic E-state index is 0.00130. The zero-order valence-electron chi connectivity index (χ0n) is 20.9. The number of allylic oxidation sites excluding steroid dienone is 4. The van der Waals surface area contributed by atoms with Crippen molar-refractivity contribution >= 4 is 17.9 Å². The number of hydrogen-bond acceptors (Lipinski definition) is 6. The topological polar surface area (TPSA) is 78.9 Å². The van der Waals surface area contributed by atoms with Gasteiger partial charge in [0.2, 0.25) is 0 Å². The average molecular weight is 449 g/mol. The van der Waals surface area contributed by atoms with E-state index in [4.69, 9.17) is 14.2 Å². The molecule has 0 amide bonds. The molecule has 1 fully saturated rings. The van der Waals surface area contributed by atoms with Gasteiger partial charge in [0, 0.05) is 32.6 Å². The first-order valence-corrected chi connectivity index (χ1v) is 11.7. The molecule has 0 bridgehead atoms. The largest absolute Gasteiger partial charge is 0.458 e. The highest BCUT2D eigenvalue weighted by molar-refractivity contribution is 5.69. The second kappa shape index (κ2) is 10.7. The molecule has 0 aromatic rings. The minimum atomic E-state index is -1.13. The van der Waals surface area contributed by atoms with E-state index >= 15 is 0 Å². The summed E-state index contributed by atoms with van der Waals surface area (Å²) in [4.78, 5) is 36.6. The smallest absolute Gasteiger partial charge is 0.303 e. The van der Waals surface area contributed by atoms with E-state index in [2.05, 4.69) is 39.8 Å². The number of carbonyl (C=O) groups is 3. The molecule has 0 aromatic carbocycles. The third kappa shape index (κ3) is 6.02. The van der Waals surface area contributed by atoms with Crippen LogP contribution < -0.4 is 0 Å². The van der Waals surface area contributed by atoms with Crippen molar-refractivity contribution in [3.05, 3.63) is 23.3 Å². The van der Waals surface area contributed by atoms with Crippen LogP contribution in [0.3, 0.4) is 0 Å². The van der Waals surface area contributed by atoms with Crippen LogP contribution in [0.15, 0.2) is 23.3 Å². The van der Waals surface area contributed by atoms with E-state index in [1.807, 2.05) is 6.92 Å². The van der Waals surface area contributed by atoms with Gasteiger partial charge in [0.15, 0.2) is 11.7 Å². The lowest BCUT2D eigenvalue weighted by atomic mass is 9.57. The van der Waals surface area contributed by atoms with Crippen LogP contribution in [0, 0.1) is 23.7 Å². The summed E-state index contributed by atoms with van der Waals surface area (Å²) in [5.41, 5.74) is 1.43. The average Bonchev–Trinajstić information content (AvgIpc) is 2.62. The fraction of sp³-hybridized carbons (Fsp3) is 0.731. The predicted molar refractivity (Wildman–Crippen MR) is 123 cm³/mol. The molecule has 0 saturated heterocycles. The molecular formula is C26H40O6. The van der Waals surface area contributed by atoms with Crippen LogP contribution in [0.5, 0.6) is 0 Å². The van der Waals surface area contributed by atoms with E-state index in [1.165, 1.54) is 31.9 Å². The Hall–Kier alpha value is -2.11. The van der Waals surface area contributed by atoms with Gasteiger partial charge < -0.3 is 14.2 Å². The van der Waals surface area contributed by atoms with Crippen molar-refractivity contribution in [1.82, 2.24) is 0 Å². The van der Waals surface area contributed by atoms with Crippen molar-refractivity contribution in [3.63, 3.8) is 0 Å². The maximum atomic E-state index is 12.3. The van der Waals surface area contributed by atoms with E-state index in [1.54, 1.807) is 0 Å². The maximum absolute atomic E-state index is 12.3. The SMILES string of the molecule is CC(=O)O[C@H]1[C@H](C(C)C)[C@H]2/C=C(/C)CC/C=C(/C)CC[C@H]2[C@](C)(OC(C)=O)[C@@H]1OC(C)=O. The second-order valence-corrected chi connectivity index (χ2v) is 10.0. The third-order valence-corrected chi connectivity index (χ3v) is 6.97. The second-order valence-electron chi connectivity index (χ2n) is 10.0. The molecule has 0 N–H and O–H groups in total. The van der Waals surface area contributed by atoms with Crippen LogP contribution in [0.25, 0.3) is 0 Å². The van der Waals surface area contributed by atoms with Gasteiger partial charge in [-0.3, -0.25) is 14.4 Å².